The molecule has 2 aromatic rings. The van der Waals surface area contributed by atoms with Crippen LogP contribution in [0.5, 0.6) is 5.88 Å². The molecule has 0 spiro atoms. The van der Waals surface area contributed by atoms with E-state index in [4.69, 9.17) is 4.74 Å². The molecule has 19 heavy (non-hydrogen) atoms. The topological polar surface area (TPSA) is 47.0 Å². The zero-order valence-corrected chi connectivity index (χ0v) is 12.6. The molecule has 4 nitrogen and oxygen atoms in total. The smallest absolute Gasteiger partial charge is 0.221 e. The van der Waals surface area contributed by atoms with Crippen LogP contribution in [0.15, 0.2) is 35.1 Å². The Morgan fingerprint density at radius 2 is 1.95 bits per heavy atom. The molecule has 0 atom stereocenters. The zero-order chi connectivity index (χ0) is 13.7. The molecule has 0 amide bonds. The lowest BCUT2D eigenvalue weighted by molar-refractivity contribution is 0.324. The largest absolute Gasteiger partial charge is 0.478 e. The lowest BCUT2D eigenvalue weighted by Crippen LogP contribution is -2.06. The first-order valence-corrected chi connectivity index (χ1v) is 6.92. The predicted molar refractivity (Wildman–Crippen MR) is 79.4 cm³/mol. The van der Waals surface area contributed by atoms with Gasteiger partial charge in [-0.25, -0.2) is 9.97 Å². The van der Waals surface area contributed by atoms with E-state index in [0.29, 0.717) is 12.5 Å². The molecule has 1 N–H and O–H groups in total. The highest BCUT2D eigenvalue weighted by atomic mass is 79.9. The van der Waals surface area contributed by atoms with Gasteiger partial charge >= 0.3 is 0 Å². The second kappa shape index (κ2) is 6.52. The van der Waals surface area contributed by atoms with Crippen molar-refractivity contribution in [2.24, 2.45) is 0 Å². The monoisotopic (exact) mass is 321 g/mol. The van der Waals surface area contributed by atoms with Gasteiger partial charge in [-0.3, -0.25) is 0 Å². The molecule has 100 valence electrons. The third-order valence-electron chi connectivity index (χ3n) is 2.69. The molecular formula is C14H16BrN3O. The van der Waals surface area contributed by atoms with Crippen molar-refractivity contribution in [1.82, 2.24) is 9.97 Å². The van der Waals surface area contributed by atoms with E-state index in [9.17, 15) is 0 Å². The Labute approximate surface area is 121 Å². The Morgan fingerprint density at radius 1 is 1.21 bits per heavy atom. The van der Waals surface area contributed by atoms with Gasteiger partial charge in [0.25, 0.3) is 0 Å². The minimum Gasteiger partial charge on any atom is -0.478 e. The van der Waals surface area contributed by atoms with Crippen molar-refractivity contribution in [1.29, 1.82) is 0 Å². The third-order valence-corrected chi connectivity index (χ3v) is 3.22. The molecule has 1 aromatic carbocycles. The van der Waals surface area contributed by atoms with E-state index < -0.39 is 0 Å². The molecule has 1 heterocycles. The number of benzene rings is 1. The lowest BCUT2D eigenvalue weighted by Gasteiger charge is -2.11. The third kappa shape index (κ3) is 3.67. The molecule has 0 fully saturated rings. The van der Waals surface area contributed by atoms with Crippen LogP contribution in [0.25, 0.3) is 0 Å². The molecule has 5 heteroatoms. The normalized spacial score (nSPS) is 10.3. The highest BCUT2D eigenvalue weighted by Gasteiger charge is 2.07. The first-order chi connectivity index (χ1) is 9.20. The van der Waals surface area contributed by atoms with Crippen LogP contribution >= 0.6 is 15.9 Å². The van der Waals surface area contributed by atoms with Crippen LogP contribution in [-0.4, -0.2) is 16.6 Å². The summed E-state index contributed by atoms with van der Waals surface area (Å²) in [6.45, 7) is 5.21. The first-order valence-electron chi connectivity index (χ1n) is 6.13. The molecule has 0 aliphatic carbocycles. The maximum atomic E-state index is 5.45. The summed E-state index contributed by atoms with van der Waals surface area (Å²) in [6.07, 6.45) is 1.52. The van der Waals surface area contributed by atoms with Gasteiger partial charge < -0.3 is 10.1 Å². The van der Waals surface area contributed by atoms with E-state index in [0.717, 1.165) is 22.4 Å². The van der Waals surface area contributed by atoms with Crippen LogP contribution < -0.4 is 10.1 Å². The standard InChI is InChI=1S/C14H16BrN3O/c1-3-19-14-10(2)13(17-9-18-14)16-8-11-4-6-12(15)7-5-11/h4-7,9H,3,8H2,1-2H3,(H,16,17,18). The van der Waals surface area contributed by atoms with Crippen LogP contribution in [0.1, 0.15) is 18.1 Å². The summed E-state index contributed by atoms with van der Waals surface area (Å²) in [4.78, 5) is 8.36. The maximum absolute atomic E-state index is 5.45. The van der Waals surface area contributed by atoms with E-state index in [-0.39, 0.29) is 0 Å². The van der Waals surface area contributed by atoms with E-state index in [1.807, 2.05) is 26.0 Å². The Morgan fingerprint density at radius 3 is 2.63 bits per heavy atom. The van der Waals surface area contributed by atoms with Crippen LogP contribution in [0.3, 0.4) is 0 Å². The van der Waals surface area contributed by atoms with E-state index in [1.165, 1.54) is 11.9 Å². The summed E-state index contributed by atoms with van der Waals surface area (Å²) >= 11 is 3.42. The van der Waals surface area contributed by atoms with E-state index in [2.05, 4.69) is 43.3 Å². The van der Waals surface area contributed by atoms with Crippen LogP contribution in [0.4, 0.5) is 5.82 Å². The van der Waals surface area contributed by atoms with E-state index >= 15 is 0 Å². The summed E-state index contributed by atoms with van der Waals surface area (Å²) in [6, 6.07) is 8.18. The Kier molecular flexibility index (Phi) is 4.74. The fourth-order valence-electron chi connectivity index (χ4n) is 1.68. The molecule has 0 radical (unpaired) electrons. The fraction of sp³-hybridized carbons (Fsp3) is 0.286. The summed E-state index contributed by atoms with van der Waals surface area (Å²) < 4.78 is 6.52. The van der Waals surface area contributed by atoms with Gasteiger partial charge in [0.15, 0.2) is 0 Å². The van der Waals surface area contributed by atoms with Gasteiger partial charge in [0.2, 0.25) is 5.88 Å². The van der Waals surface area contributed by atoms with Crippen molar-refractivity contribution in [3.8, 4) is 5.88 Å². The minimum absolute atomic E-state index is 0.601. The molecule has 0 aliphatic rings. The Balaban J connectivity index is 2.07. The summed E-state index contributed by atoms with van der Waals surface area (Å²) in [5, 5.41) is 3.30. The zero-order valence-electron chi connectivity index (χ0n) is 11.0. The molecule has 1 aromatic heterocycles. The van der Waals surface area contributed by atoms with Crippen molar-refractivity contribution in [2.45, 2.75) is 20.4 Å². The molecule has 0 unspecified atom stereocenters. The minimum atomic E-state index is 0.601. The lowest BCUT2D eigenvalue weighted by atomic mass is 10.2. The number of halogens is 1. The number of hydrogen-bond donors (Lipinski definition) is 1. The highest BCUT2D eigenvalue weighted by Crippen LogP contribution is 2.21. The number of nitrogens with zero attached hydrogens (tertiary/aromatic N) is 2. The number of rotatable bonds is 5. The average molecular weight is 322 g/mol. The maximum Gasteiger partial charge on any atom is 0.221 e. The Bertz CT molecular complexity index is 543. The highest BCUT2D eigenvalue weighted by molar-refractivity contribution is 9.10. The number of ether oxygens (including phenoxy) is 1. The van der Waals surface area contributed by atoms with E-state index in [1.54, 1.807) is 0 Å². The Hall–Kier alpha value is -1.62. The van der Waals surface area contributed by atoms with Crippen molar-refractivity contribution in [3.63, 3.8) is 0 Å². The van der Waals surface area contributed by atoms with Crippen molar-refractivity contribution >= 4 is 21.7 Å². The van der Waals surface area contributed by atoms with Gasteiger partial charge in [-0.1, -0.05) is 28.1 Å². The van der Waals surface area contributed by atoms with Gasteiger partial charge in [0.05, 0.1) is 12.2 Å². The number of aromatic nitrogens is 2. The van der Waals surface area contributed by atoms with Crippen LogP contribution in [-0.2, 0) is 6.54 Å². The quantitative estimate of drug-likeness (QED) is 0.914. The molecule has 0 aliphatic heterocycles. The number of nitrogens with one attached hydrogen (secondary N) is 1. The van der Waals surface area contributed by atoms with Crippen molar-refractivity contribution in [2.75, 3.05) is 11.9 Å². The second-order valence-electron chi connectivity index (χ2n) is 4.07. The first kappa shape index (κ1) is 13.8. The van der Waals surface area contributed by atoms with Crippen LogP contribution in [0, 0.1) is 6.92 Å². The molecular weight excluding hydrogens is 306 g/mol. The summed E-state index contributed by atoms with van der Waals surface area (Å²) in [7, 11) is 0. The van der Waals surface area contributed by atoms with Crippen molar-refractivity contribution in [3.05, 3.63) is 46.2 Å². The predicted octanol–water partition coefficient (Wildman–Crippen LogP) is 3.56. The molecule has 0 saturated heterocycles. The molecule has 0 bridgehead atoms. The van der Waals surface area contributed by atoms with Gasteiger partial charge in [-0.05, 0) is 31.5 Å². The summed E-state index contributed by atoms with van der Waals surface area (Å²) in [5.74, 6) is 1.44. The van der Waals surface area contributed by atoms with Crippen molar-refractivity contribution < 1.29 is 4.74 Å². The SMILES string of the molecule is CCOc1ncnc(NCc2ccc(Br)cc2)c1C. The van der Waals surface area contributed by atoms with Gasteiger partial charge in [0, 0.05) is 11.0 Å². The summed E-state index contributed by atoms with van der Waals surface area (Å²) in [5.41, 5.74) is 2.13. The number of anilines is 1. The number of hydrogen-bond acceptors (Lipinski definition) is 4. The second-order valence-corrected chi connectivity index (χ2v) is 4.98. The molecule has 0 saturated carbocycles. The fourth-order valence-corrected chi connectivity index (χ4v) is 1.95. The molecule has 2 rings (SSSR count). The average Bonchev–Trinajstić information content (AvgIpc) is 2.42. The van der Waals surface area contributed by atoms with Gasteiger partial charge in [0.1, 0.15) is 12.1 Å². The van der Waals surface area contributed by atoms with Gasteiger partial charge in [-0.2, -0.15) is 0 Å². The van der Waals surface area contributed by atoms with Gasteiger partial charge in [-0.15, -0.1) is 0 Å². The van der Waals surface area contributed by atoms with Crippen LogP contribution in [0.2, 0.25) is 0 Å².